The van der Waals surface area contributed by atoms with Crippen molar-refractivity contribution in [1.29, 1.82) is 0 Å². The summed E-state index contributed by atoms with van der Waals surface area (Å²) in [5.74, 6) is 0. The lowest BCUT2D eigenvalue weighted by Gasteiger charge is -2.18. The lowest BCUT2D eigenvalue weighted by molar-refractivity contribution is -0.147. The third-order valence-corrected chi connectivity index (χ3v) is 4.15. The Bertz CT molecular complexity index is 269. The number of hydrogen-bond donors (Lipinski definition) is 0. The van der Waals surface area contributed by atoms with Gasteiger partial charge in [-0.05, 0) is 51.0 Å². The van der Waals surface area contributed by atoms with Crippen molar-refractivity contribution in [2.24, 2.45) is 0 Å². The van der Waals surface area contributed by atoms with E-state index >= 15 is 0 Å². The van der Waals surface area contributed by atoms with Crippen molar-refractivity contribution in [2.45, 2.75) is 104 Å². The van der Waals surface area contributed by atoms with Crippen LogP contribution in [0.2, 0.25) is 0 Å². The van der Waals surface area contributed by atoms with Gasteiger partial charge in [0, 0.05) is 13.2 Å². The molecule has 0 radical (unpaired) electrons. The van der Waals surface area contributed by atoms with E-state index in [9.17, 15) is 0 Å². The first-order chi connectivity index (χ1) is 12.8. The summed E-state index contributed by atoms with van der Waals surface area (Å²) in [7, 11) is 0. The Morgan fingerprint density at radius 1 is 0.692 bits per heavy atom. The maximum absolute atomic E-state index is 5.93. The van der Waals surface area contributed by atoms with E-state index in [2.05, 4.69) is 26.8 Å². The number of allylic oxidation sites excluding steroid dienone is 1. The van der Waals surface area contributed by atoms with Crippen molar-refractivity contribution < 1.29 is 18.9 Å². The third-order valence-electron chi connectivity index (χ3n) is 4.15. The van der Waals surface area contributed by atoms with Gasteiger partial charge in [0.05, 0.1) is 12.9 Å². The quantitative estimate of drug-likeness (QED) is 0.129. The molecule has 0 bridgehead atoms. The minimum atomic E-state index is -0.0316. The van der Waals surface area contributed by atoms with Crippen molar-refractivity contribution in [2.75, 3.05) is 26.6 Å². The first-order valence-corrected chi connectivity index (χ1v) is 10.9. The largest absolute Gasteiger partial charge is 0.475 e. The van der Waals surface area contributed by atoms with Gasteiger partial charge in [0.25, 0.3) is 0 Å². The van der Waals surface area contributed by atoms with E-state index in [1.54, 1.807) is 6.26 Å². The van der Waals surface area contributed by atoms with Gasteiger partial charge in [-0.3, -0.25) is 0 Å². The van der Waals surface area contributed by atoms with Crippen LogP contribution in [0.5, 0.6) is 0 Å². The van der Waals surface area contributed by atoms with Crippen molar-refractivity contribution in [1.82, 2.24) is 0 Å². The Morgan fingerprint density at radius 2 is 1.35 bits per heavy atom. The van der Waals surface area contributed by atoms with Crippen LogP contribution in [0, 0.1) is 0 Å². The molecule has 156 valence electrons. The van der Waals surface area contributed by atoms with Crippen LogP contribution < -0.4 is 0 Å². The van der Waals surface area contributed by atoms with E-state index < -0.39 is 0 Å². The monoisotopic (exact) mass is 372 g/mol. The van der Waals surface area contributed by atoms with Crippen LogP contribution in [-0.2, 0) is 18.9 Å². The molecule has 0 aromatic heterocycles. The second kappa shape index (κ2) is 22.5. The molecule has 0 amide bonds. The highest BCUT2D eigenvalue weighted by molar-refractivity contribution is 4.72. The van der Waals surface area contributed by atoms with E-state index in [-0.39, 0.29) is 6.29 Å². The summed E-state index contributed by atoms with van der Waals surface area (Å²) in [5, 5.41) is 0. The molecule has 0 aliphatic carbocycles. The Labute approximate surface area is 162 Å². The van der Waals surface area contributed by atoms with Crippen LogP contribution in [0.1, 0.15) is 97.8 Å². The molecule has 0 aliphatic rings. The third kappa shape index (κ3) is 19.7. The Balaban J connectivity index is 3.68. The number of hydrogen-bond acceptors (Lipinski definition) is 4. The summed E-state index contributed by atoms with van der Waals surface area (Å²) in [6.07, 6.45) is 17.5. The van der Waals surface area contributed by atoms with Gasteiger partial charge in [-0.25, -0.2) is 0 Å². The Kier molecular flexibility index (Phi) is 22.0. The molecule has 4 nitrogen and oxygen atoms in total. The average molecular weight is 373 g/mol. The molecule has 0 spiro atoms. The molecule has 0 saturated heterocycles. The lowest BCUT2D eigenvalue weighted by atomic mass is 10.2. The molecule has 0 heterocycles. The summed E-state index contributed by atoms with van der Waals surface area (Å²) in [5.41, 5.74) is 0. The van der Waals surface area contributed by atoms with Gasteiger partial charge < -0.3 is 18.9 Å². The highest BCUT2D eigenvalue weighted by Crippen LogP contribution is 2.11. The van der Waals surface area contributed by atoms with E-state index in [0.717, 1.165) is 71.2 Å². The SMILES string of the molecule is CCCCCOC(CCCCC=COCOCCCC)OCCCCC. The second-order valence-corrected chi connectivity index (χ2v) is 6.79. The van der Waals surface area contributed by atoms with Crippen LogP contribution in [0.15, 0.2) is 12.3 Å². The predicted octanol–water partition coefficient (Wildman–Crippen LogP) is 6.59. The molecule has 0 aliphatic heterocycles. The summed E-state index contributed by atoms with van der Waals surface area (Å²) in [6.45, 7) is 9.36. The highest BCUT2D eigenvalue weighted by Gasteiger charge is 2.08. The van der Waals surface area contributed by atoms with Gasteiger partial charge in [-0.15, -0.1) is 0 Å². The summed E-state index contributed by atoms with van der Waals surface area (Å²) >= 11 is 0. The number of unbranched alkanes of at least 4 members (excludes halogenated alkanes) is 7. The van der Waals surface area contributed by atoms with Gasteiger partial charge >= 0.3 is 0 Å². The molecular formula is C22H44O4. The van der Waals surface area contributed by atoms with Crippen LogP contribution in [-0.4, -0.2) is 32.9 Å². The van der Waals surface area contributed by atoms with Gasteiger partial charge in [-0.1, -0.05) is 52.9 Å². The fourth-order valence-corrected chi connectivity index (χ4v) is 2.45. The summed E-state index contributed by atoms with van der Waals surface area (Å²) in [4.78, 5) is 0. The van der Waals surface area contributed by atoms with E-state index in [1.165, 1.54) is 25.7 Å². The second-order valence-electron chi connectivity index (χ2n) is 6.79. The minimum Gasteiger partial charge on any atom is -0.475 e. The molecule has 4 heteroatoms. The number of ether oxygens (including phenoxy) is 4. The lowest BCUT2D eigenvalue weighted by Crippen LogP contribution is -2.19. The number of rotatable bonds is 21. The molecule has 0 aromatic carbocycles. The minimum absolute atomic E-state index is 0.0316. The van der Waals surface area contributed by atoms with E-state index in [0.29, 0.717) is 6.79 Å². The van der Waals surface area contributed by atoms with Crippen LogP contribution in [0.25, 0.3) is 0 Å². The summed E-state index contributed by atoms with van der Waals surface area (Å²) < 4.78 is 22.5. The molecule has 0 fully saturated rings. The van der Waals surface area contributed by atoms with E-state index in [4.69, 9.17) is 18.9 Å². The normalized spacial score (nSPS) is 11.7. The van der Waals surface area contributed by atoms with Crippen molar-refractivity contribution in [3.8, 4) is 0 Å². The van der Waals surface area contributed by atoms with Gasteiger partial charge in [0.1, 0.15) is 0 Å². The van der Waals surface area contributed by atoms with E-state index in [1.807, 2.05) is 0 Å². The predicted molar refractivity (Wildman–Crippen MR) is 109 cm³/mol. The van der Waals surface area contributed by atoms with Crippen LogP contribution >= 0.6 is 0 Å². The molecule has 0 N–H and O–H groups in total. The standard InChI is InChI=1S/C22H44O4/c1-4-7-13-19-25-22(26-20-14-8-5-2)16-12-10-11-15-18-24-21-23-17-9-6-3/h15,18,22H,4-14,16-17,19-21H2,1-3H3. The molecule has 0 aromatic rings. The fraction of sp³-hybridized carbons (Fsp3) is 0.909. The first kappa shape index (κ1) is 25.4. The van der Waals surface area contributed by atoms with Gasteiger partial charge in [0.2, 0.25) is 0 Å². The maximum atomic E-state index is 5.93. The molecule has 26 heavy (non-hydrogen) atoms. The van der Waals surface area contributed by atoms with Crippen molar-refractivity contribution in [3.63, 3.8) is 0 Å². The summed E-state index contributed by atoms with van der Waals surface area (Å²) in [6, 6.07) is 0. The molecule has 0 saturated carbocycles. The van der Waals surface area contributed by atoms with Crippen molar-refractivity contribution in [3.05, 3.63) is 12.3 Å². The highest BCUT2D eigenvalue weighted by atomic mass is 16.7. The zero-order chi connectivity index (χ0) is 19.1. The Morgan fingerprint density at radius 3 is 1.96 bits per heavy atom. The molecule has 0 rings (SSSR count). The first-order valence-electron chi connectivity index (χ1n) is 10.9. The zero-order valence-corrected chi connectivity index (χ0v) is 17.7. The maximum Gasteiger partial charge on any atom is 0.188 e. The molecule has 0 atom stereocenters. The van der Waals surface area contributed by atoms with Crippen molar-refractivity contribution >= 4 is 0 Å². The Hall–Kier alpha value is -0.580. The van der Waals surface area contributed by atoms with Crippen LogP contribution in [0.4, 0.5) is 0 Å². The average Bonchev–Trinajstić information content (AvgIpc) is 2.66. The molecule has 0 unspecified atom stereocenters. The molecular weight excluding hydrogens is 328 g/mol. The topological polar surface area (TPSA) is 36.9 Å². The van der Waals surface area contributed by atoms with Gasteiger partial charge in [0.15, 0.2) is 13.1 Å². The van der Waals surface area contributed by atoms with Gasteiger partial charge in [-0.2, -0.15) is 0 Å². The van der Waals surface area contributed by atoms with Crippen LogP contribution in [0.3, 0.4) is 0 Å². The zero-order valence-electron chi connectivity index (χ0n) is 17.7. The fourth-order valence-electron chi connectivity index (χ4n) is 2.45. The smallest absolute Gasteiger partial charge is 0.188 e.